The predicted octanol–water partition coefficient (Wildman–Crippen LogP) is 1.98. The van der Waals surface area contributed by atoms with E-state index in [9.17, 15) is 4.79 Å². The van der Waals surface area contributed by atoms with Crippen LogP contribution in [0.4, 0.5) is 0 Å². The molecule has 0 atom stereocenters. The second-order valence-electron chi connectivity index (χ2n) is 2.77. The fraction of sp³-hybridized carbons (Fsp3) is 0.222. The van der Waals surface area contributed by atoms with Gasteiger partial charge in [0.1, 0.15) is 10.7 Å². The Bertz CT molecular complexity index is 450. The third-order valence-corrected chi connectivity index (χ3v) is 3.26. The number of nitrogens with zero attached hydrogens (tertiary/aromatic N) is 2. The molecule has 4 nitrogen and oxygen atoms in total. The van der Waals surface area contributed by atoms with E-state index in [1.807, 2.05) is 10.8 Å². The number of aromatic nitrogens is 2. The van der Waals surface area contributed by atoms with Gasteiger partial charge in [-0.05, 0) is 0 Å². The highest BCUT2D eigenvalue weighted by Gasteiger charge is 2.09. The Balaban J connectivity index is 2.14. The second-order valence-corrected chi connectivity index (χ2v) is 4.35. The van der Waals surface area contributed by atoms with Crippen molar-refractivity contribution >= 4 is 28.6 Å². The molecule has 0 aliphatic carbocycles. The van der Waals surface area contributed by atoms with Crippen LogP contribution in [0.25, 0.3) is 10.7 Å². The molecule has 0 spiro atoms. The van der Waals surface area contributed by atoms with Gasteiger partial charge < -0.3 is 4.74 Å². The lowest BCUT2D eigenvalue weighted by Gasteiger charge is -1.93. The van der Waals surface area contributed by atoms with Crippen LogP contribution in [-0.2, 0) is 16.0 Å². The van der Waals surface area contributed by atoms with E-state index in [-0.39, 0.29) is 12.4 Å². The largest absolute Gasteiger partial charge is 0.469 e. The summed E-state index contributed by atoms with van der Waals surface area (Å²) in [7, 11) is 1.37. The summed E-state index contributed by atoms with van der Waals surface area (Å²) in [5.41, 5.74) is 3.35. The first-order valence-electron chi connectivity index (χ1n) is 4.19. The quantitative estimate of drug-likeness (QED) is 0.770. The molecule has 2 aromatic rings. The summed E-state index contributed by atoms with van der Waals surface area (Å²) in [6, 6.07) is 0. The number of carbonyl (C=O) groups excluding carboxylic acids is 1. The lowest BCUT2D eigenvalue weighted by Crippen LogP contribution is -2.04. The van der Waals surface area contributed by atoms with Crippen molar-refractivity contribution in [2.45, 2.75) is 6.42 Å². The Morgan fingerprint density at radius 3 is 3.07 bits per heavy atom. The van der Waals surface area contributed by atoms with Crippen molar-refractivity contribution in [2.24, 2.45) is 0 Å². The molecule has 0 bridgehead atoms. The second kappa shape index (κ2) is 4.50. The zero-order chi connectivity index (χ0) is 10.7. The normalized spacial score (nSPS) is 10.2. The smallest absolute Gasteiger partial charge is 0.311 e. The van der Waals surface area contributed by atoms with Gasteiger partial charge in [-0.25, -0.2) is 9.97 Å². The maximum Gasteiger partial charge on any atom is 0.311 e. The first kappa shape index (κ1) is 10.3. The average molecular weight is 240 g/mol. The molecular weight excluding hydrogens is 232 g/mol. The van der Waals surface area contributed by atoms with E-state index in [0.717, 1.165) is 16.4 Å². The fourth-order valence-electron chi connectivity index (χ4n) is 1.04. The van der Waals surface area contributed by atoms with E-state index in [2.05, 4.69) is 14.7 Å². The van der Waals surface area contributed by atoms with E-state index >= 15 is 0 Å². The standard InChI is InChI=1S/C9H8N2O2S2/c1-13-8(12)2-6-3-15-9(11-6)7-4-14-5-10-7/h3-5H,2H2,1H3. The topological polar surface area (TPSA) is 52.1 Å². The molecular formula is C9H8N2O2S2. The molecule has 0 N–H and O–H groups in total. The highest BCUT2D eigenvalue weighted by molar-refractivity contribution is 7.13. The van der Waals surface area contributed by atoms with E-state index in [1.54, 1.807) is 5.51 Å². The van der Waals surface area contributed by atoms with Crippen LogP contribution < -0.4 is 0 Å². The fourth-order valence-corrected chi connectivity index (χ4v) is 2.44. The number of thiazole rings is 2. The molecule has 0 aromatic carbocycles. The van der Waals surface area contributed by atoms with Gasteiger partial charge in [-0.2, -0.15) is 0 Å². The average Bonchev–Trinajstić information content (AvgIpc) is 2.85. The monoisotopic (exact) mass is 240 g/mol. The van der Waals surface area contributed by atoms with Crippen LogP contribution in [0.15, 0.2) is 16.3 Å². The van der Waals surface area contributed by atoms with E-state index in [1.165, 1.54) is 29.8 Å². The van der Waals surface area contributed by atoms with Crippen LogP contribution in [0.5, 0.6) is 0 Å². The molecule has 15 heavy (non-hydrogen) atoms. The molecule has 2 rings (SSSR count). The van der Waals surface area contributed by atoms with Gasteiger partial charge >= 0.3 is 5.97 Å². The van der Waals surface area contributed by atoms with Crippen LogP contribution in [0, 0.1) is 0 Å². The first-order valence-corrected chi connectivity index (χ1v) is 6.01. The van der Waals surface area contributed by atoms with E-state index < -0.39 is 0 Å². The number of hydrogen-bond donors (Lipinski definition) is 0. The zero-order valence-electron chi connectivity index (χ0n) is 7.97. The van der Waals surface area contributed by atoms with Crippen molar-refractivity contribution in [3.63, 3.8) is 0 Å². The van der Waals surface area contributed by atoms with Crippen LogP contribution in [0.1, 0.15) is 5.69 Å². The SMILES string of the molecule is COC(=O)Cc1csc(-c2cscn2)n1. The lowest BCUT2D eigenvalue weighted by atomic mass is 10.3. The molecule has 0 fully saturated rings. The Morgan fingerprint density at radius 1 is 1.53 bits per heavy atom. The summed E-state index contributed by atoms with van der Waals surface area (Å²) in [5, 5.41) is 4.63. The van der Waals surface area contributed by atoms with Gasteiger partial charge in [-0.1, -0.05) is 0 Å². The van der Waals surface area contributed by atoms with Crippen molar-refractivity contribution in [1.29, 1.82) is 0 Å². The summed E-state index contributed by atoms with van der Waals surface area (Å²) in [4.78, 5) is 19.5. The molecule has 6 heteroatoms. The molecule has 0 unspecified atom stereocenters. The molecule has 0 aliphatic heterocycles. The van der Waals surface area contributed by atoms with E-state index in [4.69, 9.17) is 0 Å². The summed E-state index contributed by atoms with van der Waals surface area (Å²) >= 11 is 3.01. The van der Waals surface area contributed by atoms with Crippen molar-refractivity contribution in [2.75, 3.05) is 7.11 Å². The number of hydrogen-bond acceptors (Lipinski definition) is 6. The molecule has 2 aromatic heterocycles. The molecule has 0 saturated carbocycles. The van der Waals surface area contributed by atoms with Gasteiger partial charge in [-0.3, -0.25) is 4.79 Å². The van der Waals surface area contributed by atoms with Gasteiger partial charge in [-0.15, -0.1) is 22.7 Å². The number of ether oxygens (including phenoxy) is 1. The minimum atomic E-state index is -0.273. The summed E-state index contributed by atoms with van der Waals surface area (Å²) in [5.74, 6) is -0.273. The third-order valence-electron chi connectivity index (χ3n) is 1.76. The Morgan fingerprint density at radius 2 is 2.40 bits per heavy atom. The van der Waals surface area contributed by atoms with Crippen LogP contribution in [0.2, 0.25) is 0 Å². The molecule has 0 amide bonds. The minimum absolute atomic E-state index is 0.219. The van der Waals surface area contributed by atoms with Gasteiger partial charge in [0.25, 0.3) is 0 Å². The highest BCUT2D eigenvalue weighted by atomic mass is 32.1. The third kappa shape index (κ3) is 2.40. The highest BCUT2D eigenvalue weighted by Crippen LogP contribution is 2.23. The summed E-state index contributed by atoms with van der Waals surface area (Å²) in [6.07, 6.45) is 0.219. The Kier molecular flexibility index (Phi) is 3.08. The molecule has 78 valence electrons. The van der Waals surface area contributed by atoms with Gasteiger partial charge in [0, 0.05) is 10.8 Å². The number of carbonyl (C=O) groups is 1. The molecule has 0 saturated heterocycles. The molecule has 0 radical (unpaired) electrons. The van der Waals surface area contributed by atoms with Crippen LogP contribution in [-0.4, -0.2) is 23.0 Å². The number of esters is 1. The molecule has 0 aliphatic rings. The first-order chi connectivity index (χ1) is 7.29. The van der Waals surface area contributed by atoms with Gasteiger partial charge in [0.2, 0.25) is 0 Å². The maximum atomic E-state index is 11.0. The van der Waals surface area contributed by atoms with Gasteiger partial charge in [0.05, 0.1) is 24.7 Å². The minimum Gasteiger partial charge on any atom is -0.469 e. The van der Waals surface area contributed by atoms with Crippen LogP contribution >= 0.6 is 22.7 Å². The van der Waals surface area contributed by atoms with Crippen molar-refractivity contribution in [1.82, 2.24) is 9.97 Å². The van der Waals surface area contributed by atoms with Crippen molar-refractivity contribution in [3.05, 3.63) is 22.0 Å². The lowest BCUT2D eigenvalue weighted by molar-refractivity contribution is -0.139. The summed E-state index contributed by atoms with van der Waals surface area (Å²) in [6.45, 7) is 0. The number of methoxy groups -OCH3 is 1. The van der Waals surface area contributed by atoms with E-state index in [0.29, 0.717) is 0 Å². The summed E-state index contributed by atoms with van der Waals surface area (Å²) < 4.78 is 4.57. The van der Waals surface area contributed by atoms with Crippen molar-refractivity contribution in [3.8, 4) is 10.7 Å². The zero-order valence-corrected chi connectivity index (χ0v) is 9.60. The Labute approximate surface area is 94.6 Å². The number of rotatable bonds is 3. The maximum absolute atomic E-state index is 11.0. The Hall–Kier alpha value is -1.27. The van der Waals surface area contributed by atoms with Crippen LogP contribution in [0.3, 0.4) is 0 Å². The predicted molar refractivity (Wildman–Crippen MR) is 58.9 cm³/mol. The molecule has 2 heterocycles. The van der Waals surface area contributed by atoms with Crippen molar-refractivity contribution < 1.29 is 9.53 Å². The van der Waals surface area contributed by atoms with Gasteiger partial charge in [0.15, 0.2) is 0 Å².